The molecule has 3 aromatic rings. The Balaban J connectivity index is 1.48. The Morgan fingerprint density at radius 1 is 1.12 bits per heavy atom. The van der Waals surface area contributed by atoms with Crippen molar-refractivity contribution in [2.24, 2.45) is 0 Å². The summed E-state index contributed by atoms with van der Waals surface area (Å²) >= 11 is 0. The maximum absolute atomic E-state index is 12.2. The Hall–Kier alpha value is -3.09. The molecule has 0 aliphatic heterocycles. The van der Waals surface area contributed by atoms with E-state index in [0.717, 1.165) is 35.0 Å². The predicted molar refractivity (Wildman–Crippen MR) is 103 cm³/mol. The molecule has 0 bridgehead atoms. The minimum atomic E-state index is -0.143. The minimum Gasteiger partial charge on any atom is -0.383 e. The number of benzene rings is 1. The van der Waals surface area contributed by atoms with Crippen LogP contribution in [-0.2, 0) is 0 Å². The zero-order valence-electron chi connectivity index (χ0n) is 14.5. The number of hydrogen-bond donors (Lipinski definition) is 4. The third kappa shape index (κ3) is 3.33. The van der Waals surface area contributed by atoms with Gasteiger partial charge >= 0.3 is 6.03 Å². The monoisotopic (exact) mass is 350 g/mol. The van der Waals surface area contributed by atoms with E-state index in [2.05, 4.69) is 25.8 Å². The first-order valence-electron chi connectivity index (χ1n) is 8.97. The van der Waals surface area contributed by atoms with Crippen LogP contribution in [0.4, 0.5) is 16.3 Å². The number of pyridine rings is 1. The molecule has 1 aliphatic carbocycles. The van der Waals surface area contributed by atoms with E-state index in [1.807, 2.05) is 30.3 Å². The van der Waals surface area contributed by atoms with Crippen LogP contribution < -0.4 is 16.4 Å². The van der Waals surface area contributed by atoms with Gasteiger partial charge in [0, 0.05) is 17.9 Å². The zero-order chi connectivity index (χ0) is 17.9. The number of rotatable bonds is 3. The van der Waals surface area contributed by atoms with Gasteiger partial charge in [-0.25, -0.2) is 9.78 Å². The van der Waals surface area contributed by atoms with Crippen molar-refractivity contribution in [1.82, 2.24) is 20.5 Å². The Morgan fingerprint density at radius 2 is 1.88 bits per heavy atom. The van der Waals surface area contributed by atoms with Gasteiger partial charge in [-0.2, -0.15) is 5.10 Å². The van der Waals surface area contributed by atoms with E-state index >= 15 is 0 Å². The highest BCUT2D eigenvalue weighted by Crippen LogP contribution is 2.30. The topological polar surface area (TPSA) is 109 Å². The number of anilines is 2. The summed E-state index contributed by atoms with van der Waals surface area (Å²) in [6.07, 6.45) is 7.49. The van der Waals surface area contributed by atoms with Crippen molar-refractivity contribution in [3.63, 3.8) is 0 Å². The number of fused-ring (bicyclic) bond motifs is 1. The van der Waals surface area contributed by atoms with Crippen LogP contribution in [0.2, 0.25) is 0 Å². The SMILES string of the molecule is Nc1[nH]nc2nccc(-c3ccc(NC(=O)NC4CCCCC4)cc3)c12. The molecule has 1 aromatic carbocycles. The maximum Gasteiger partial charge on any atom is 0.319 e. The van der Waals surface area contributed by atoms with Crippen molar-refractivity contribution in [3.8, 4) is 11.1 Å². The average molecular weight is 350 g/mol. The van der Waals surface area contributed by atoms with Crippen molar-refractivity contribution in [2.75, 3.05) is 11.1 Å². The molecule has 7 nitrogen and oxygen atoms in total. The average Bonchev–Trinajstić information content (AvgIpc) is 3.04. The van der Waals surface area contributed by atoms with Crippen molar-refractivity contribution in [1.29, 1.82) is 0 Å². The molecule has 0 spiro atoms. The molecular formula is C19H22N6O. The van der Waals surface area contributed by atoms with Crippen LogP contribution in [0.25, 0.3) is 22.2 Å². The summed E-state index contributed by atoms with van der Waals surface area (Å²) < 4.78 is 0. The van der Waals surface area contributed by atoms with Crippen molar-refractivity contribution >= 4 is 28.6 Å². The number of aromatic amines is 1. The lowest BCUT2D eigenvalue weighted by Crippen LogP contribution is -2.38. The van der Waals surface area contributed by atoms with Crippen LogP contribution in [0.5, 0.6) is 0 Å². The summed E-state index contributed by atoms with van der Waals surface area (Å²) in [6.45, 7) is 0. The molecule has 134 valence electrons. The highest BCUT2D eigenvalue weighted by atomic mass is 16.2. The molecule has 0 unspecified atom stereocenters. The highest BCUT2D eigenvalue weighted by Gasteiger charge is 2.16. The molecule has 5 N–H and O–H groups in total. The largest absolute Gasteiger partial charge is 0.383 e. The molecule has 1 fully saturated rings. The fourth-order valence-corrected chi connectivity index (χ4v) is 3.54. The quantitative estimate of drug-likeness (QED) is 0.578. The first kappa shape index (κ1) is 16.4. The van der Waals surface area contributed by atoms with Crippen molar-refractivity contribution in [3.05, 3.63) is 36.5 Å². The van der Waals surface area contributed by atoms with Crippen LogP contribution in [-0.4, -0.2) is 27.3 Å². The Kier molecular flexibility index (Phi) is 4.43. The van der Waals surface area contributed by atoms with Crippen molar-refractivity contribution in [2.45, 2.75) is 38.1 Å². The predicted octanol–water partition coefficient (Wildman–Crippen LogP) is 3.66. The second-order valence-corrected chi connectivity index (χ2v) is 6.71. The van der Waals surface area contributed by atoms with Gasteiger partial charge in [0.2, 0.25) is 0 Å². The molecule has 0 saturated heterocycles. The van der Waals surface area contributed by atoms with Gasteiger partial charge in [-0.05, 0) is 42.2 Å². The minimum absolute atomic E-state index is 0.143. The fraction of sp³-hybridized carbons (Fsp3) is 0.316. The summed E-state index contributed by atoms with van der Waals surface area (Å²) in [6, 6.07) is 9.74. The summed E-state index contributed by atoms with van der Waals surface area (Å²) in [4.78, 5) is 16.4. The number of carbonyl (C=O) groups excluding carboxylic acids is 1. The molecule has 7 heteroatoms. The molecule has 1 saturated carbocycles. The summed E-state index contributed by atoms with van der Waals surface area (Å²) in [7, 11) is 0. The Bertz CT molecular complexity index is 911. The van der Waals surface area contributed by atoms with Crippen LogP contribution in [0.1, 0.15) is 32.1 Å². The van der Waals surface area contributed by atoms with Gasteiger partial charge in [0.25, 0.3) is 0 Å². The Labute approximate surface area is 151 Å². The van der Waals surface area contributed by atoms with Gasteiger partial charge < -0.3 is 16.4 Å². The number of nitrogens with one attached hydrogen (secondary N) is 3. The zero-order valence-corrected chi connectivity index (χ0v) is 14.5. The molecule has 0 radical (unpaired) electrons. The second-order valence-electron chi connectivity index (χ2n) is 6.71. The highest BCUT2D eigenvalue weighted by molar-refractivity contribution is 6.00. The van der Waals surface area contributed by atoms with E-state index in [9.17, 15) is 4.79 Å². The number of nitrogen functional groups attached to an aromatic ring is 1. The van der Waals surface area contributed by atoms with E-state index in [1.54, 1.807) is 6.20 Å². The van der Waals surface area contributed by atoms with Gasteiger partial charge in [0.1, 0.15) is 5.82 Å². The normalized spacial score (nSPS) is 15.1. The van der Waals surface area contributed by atoms with Gasteiger partial charge in [-0.15, -0.1) is 0 Å². The first-order valence-corrected chi connectivity index (χ1v) is 8.97. The second kappa shape index (κ2) is 7.03. The molecule has 4 rings (SSSR count). The number of hydrogen-bond acceptors (Lipinski definition) is 4. The van der Waals surface area contributed by atoms with E-state index in [1.165, 1.54) is 19.3 Å². The van der Waals surface area contributed by atoms with Crippen molar-refractivity contribution < 1.29 is 4.79 Å². The van der Waals surface area contributed by atoms with Gasteiger partial charge in [-0.3, -0.25) is 5.10 Å². The number of amides is 2. The molecule has 2 heterocycles. The lowest BCUT2D eigenvalue weighted by Gasteiger charge is -2.22. The maximum atomic E-state index is 12.2. The molecule has 0 atom stereocenters. The van der Waals surface area contributed by atoms with Gasteiger partial charge in [0.15, 0.2) is 5.65 Å². The summed E-state index contributed by atoms with van der Waals surface area (Å²) in [5.74, 6) is 0.497. The van der Waals surface area contributed by atoms with Gasteiger partial charge in [0.05, 0.1) is 5.39 Å². The lowest BCUT2D eigenvalue weighted by atomic mass is 9.96. The number of nitrogens with two attached hydrogens (primary N) is 1. The fourth-order valence-electron chi connectivity index (χ4n) is 3.54. The number of H-pyrrole nitrogens is 1. The summed E-state index contributed by atoms with van der Waals surface area (Å²) in [5.41, 5.74) is 9.27. The number of nitrogens with zero attached hydrogens (tertiary/aromatic N) is 2. The van der Waals surface area contributed by atoms with E-state index in [-0.39, 0.29) is 12.1 Å². The van der Waals surface area contributed by atoms with E-state index in [4.69, 9.17) is 5.73 Å². The van der Waals surface area contributed by atoms with Crippen LogP contribution in [0.3, 0.4) is 0 Å². The van der Waals surface area contributed by atoms with Crippen LogP contribution >= 0.6 is 0 Å². The molecular weight excluding hydrogens is 328 g/mol. The number of aromatic nitrogens is 3. The molecule has 26 heavy (non-hydrogen) atoms. The van der Waals surface area contributed by atoms with Crippen LogP contribution in [0, 0.1) is 0 Å². The molecule has 1 aliphatic rings. The third-order valence-electron chi connectivity index (χ3n) is 4.88. The lowest BCUT2D eigenvalue weighted by molar-refractivity contribution is 0.244. The smallest absolute Gasteiger partial charge is 0.319 e. The number of carbonyl (C=O) groups is 1. The third-order valence-corrected chi connectivity index (χ3v) is 4.88. The summed E-state index contributed by atoms with van der Waals surface area (Å²) in [5, 5.41) is 13.6. The van der Waals surface area contributed by atoms with Gasteiger partial charge in [-0.1, -0.05) is 31.4 Å². The van der Waals surface area contributed by atoms with E-state index < -0.39 is 0 Å². The first-order chi connectivity index (χ1) is 12.7. The molecule has 2 aromatic heterocycles. The van der Waals surface area contributed by atoms with Crippen LogP contribution in [0.15, 0.2) is 36.5 Å². The van der Waals surface area contributed by atoms with E-state index in [0.29, 0.717) is 11.5 Å². The number of urea groups is 1. The molecule has 2 amide bonds. The standard InChI is InChI=1S/C19H22N6O/c20-17-16-15(10-11-21-18(16)25-24-17)12-6-8-14(9-7-12)23-19(26)22-13-4-2-1-3-5-13/h6-11,13H,1-5H2,(H2,22,23,26)(H3,20,21,24,25). The Morgan fingerprint density at radius 3 is 2.65 bits per heavy atom.